The maximum atomic E-state index is 12.1. The first kappa shape index (κ1) is 14.3. The number of carbonyl (C=O) groups excluding carboxylic acids is 1. The molecule has 2 atom stereocenters. The van der Waals surface area contributed by atoms with Crippen LogP contribution in [0.25, 0.3) is 0 Å². The molecule has 0 radical (unpaired) electrons. The van der Waals surface area contributed by atoms with Gasteiger partial charge in [0.05, 0.1) is 18.4 Å². The van der Waals surface area contributed by atoms with Crippen LogP contribution in [-0.4, -0.2) is 30.1 Å². The highest BCUT2D eigenvalue weighted by molar-refractivity contribution is 6.01. The molecule has 1 aromatic rings. The van der Waals surface area contributed by atoms with Gasteiger partial charge in [-0.1, -0.05) is 0 Å². The number of amides is 1. The van der Waals surface area contributed by atoms with E-state index in [1.807, 2.05) is 0 Å². The molecule has 1 saturated carbocycles. The zero-order valence-corrected chi connectivity index (χ0v) is 11.3. The molecule has 2 rings (SSSR count). The second-order valence-electron chi connectivity index (χ2n) is 4.98. The number of nitrogens with two attached hydrogens (primary N) is 1. The van der Waals surface area contributed by atoms with Crippen molar-refractivity contribution in [2.24, 2.45) is 11.7 Å². The van der Waals surface area contributed by atoms with E-state index in [1.54, 1.807) is 6.07 Å². The van der Waals surface area contributed by atoms with Crippen molar-refractivity contribution in [1.29, 1.82) is 0 Å². The third-order valence-electron chi connectivity index (χ3n) is 3.56. The molecule has 0 bridgehead atoms. The molecular weight excluding hydrogens is 260 g/mol. The summed E-state index contributed by atoms with van der Waals surface area (Å²) < 4.78 is 5.05. The Morgan fingerprint density at radius 2 is 2.15 bits per heavy atom. The molecule has 6 heteroatoms. The fourth-order valence-electron chi connectivity index (χ4n) is 2.43. The summed E-state index contributed by atoms with van der Waals surface area (Å²) in [5, 5.41) is 11.8. The second-order valence-corrected chi connectivity index (χ2v) is 4.98. The van der Waals surface area contributed by atoms with Crippen molar-refractivity contribution in [3.8, 4) is 5.75 Å². The molecule has 0 heterocycles. The van der Waals surface area contributed by atoms with Gasteiger partial charge in [-0.25, -0.2) is 4.79 Å². The Bertz CT molecular complexity index is 530. The molecule has 1 fully saturated rings. The number of rotatable bonds is 4. The van der Waals surface area contributed by atoms with Crippen molar-refractivity contribution in [2.45, 2.75) is 25.3 Å². The molecule has 1 aromatic carbocycles. The lowest BCUT2D eigenvalue weighted by molar-refractivity contribution is -0.119. The Balaban J connectivity index is 2.18. The zero-order valence-electron chi connectivity index (χ0n) is 11.3. The molecule has 0 spiro atoms. The third kappa shape index (κ3) is 3.08. The van der Waals surface area contributed by atoms with Crippen LogP contribution in [0.1, 0.15) is 29.6 Å². The molecule has 4 N–H and O–H groups in total. The molecule has 1 amide bonds. The van der Waals surface area contributed by atoms with E-state index >= 15 is 0 Å². The van der Waals surface area contributed by atoms with Crippen molar-refractivity contribution in [2.75, 3.05) is 12.4 Å². The summed E-state index contributed by atoms with van der Waals surface area (Å²) in [6, 6.07) is 4.52. The first-order chi connectivity index (χ1) is 9.51. The van der Waals surface area contributed by atoms with Crippen LogP contribution in [0.15, 0.2) is 18.2 Å². The molecule has 2 unspecified atom stereocenters. The molecule has 1 aliphatic carbocycles. The lowest BCUT2D eigenvalue weighted by atomic mass is 10.1. The number of benzene rings is 1. The van der Waals surface area contributed by atoms with Gasteiger partial charge in [0.25, 0.3) is 0 Å². The molecular formula is C14H18N2O4. The van der Waals surface area contributed by atoms with Crippen LogP contribution in [0.4, 0.5) is 5.69 Å². The van der Waals surface area contributed by atoms with E-state index in [-0.39, 0.29) is 29.1 Å². The van der Waals surface area contributed by atoms with Crippen molar-refractivity contribution in [1.82, 2.24) is 0 Å². The van der Waals surface area contributed by atoms with E-state index in [1.165, 1.54) is 19.2 Å². The van der Waals surface area contributed by atoms with Gasteiger partial charge in [-0.3, -0.25) is 4.79 Å². The molecule has 0 aliphatic heterocycles. The fourth-order valence-corrected chi connectivity index (χ4v) is 2.43. The quantitative estimate of drug-likeness (QED) is 0.774. The van der Waals surface area contributed by atoms with Gasteiger partial charge in [-0.05, 0) is 31.4 Å². The minimum atomic E-state index is -1.09. The third-order valence-corrected chi connectivity index (χ3v) is 3.56. The number of methoxy groups -OCH3 is 1. The minimum absolute atomic E-state index is 0.0430. The molecule has 108 valence electrons. The first-order valence-electron chi connectivity index (χ1n) is 6.49. The van der Waals surface area contributed by atoms with Gasteiger partial charge < -0.3 is 20.9 Å². The Hall–Kier alpha value is -2.08. The number of hydrogen-bond acceptors (Lipinski definition) is 4. The number of ether oxygens (including phenoxy) is 1. The molecule has 1 aliphatic rings. The Morgan fingerprint density at radius 1 is 1.40 bits per heavy atom. The van der Waals surface area contributed by atoms with E-state index in [9.17, 15) is 9.59 Å². The van der Waals surface area contributed by atoms with Crippen LogP contribution in [0.5, 0.6) is 5.75 Å². The number of anilines is 1. The largest absolute Gasteiger partial charge is 0.497 e. The maximum Gasteiger partial charge on any atom is 0.337 e. The Kier molecular flexibility index (Phi) is 4.24. The maximum absolute atomic E-state index is 12.1. The highest BCUT2D eigenvalue weighted by Crippen LogP contribution is 2.28. The highest BCUT2D eigenvalue weighted by Gasteiger charge is 2.28. The standard InChI is InChI=1S/C14H18N2O4/c1-20-10-4-5-11(14(18)19)12(7-10)16-13(17)8-2-3-9(15)6-8/h4-5,7-9H,2-3,6,15H2,1H3,(H,16,17)(H,18,19). The van der Waals surface area contributed by atoms with Crippen LogP contribution in [0.3, 0.4) is 0 Å². The van der Waals surface area contributed by atoms with Gasteiger partial charge in [0, 0.05) is 18.0 Å². The summed E-state index contributed by atoms with van der Waals surface area (Å²) in [7, 11) is 1.48. The Labute approximate surface area is 116 Å². The lowest BCUT2D eigenvalue weighted by Gasteiger charge is -2.13. The van der Waals surface area contributed by atoms with Gasteiger partial charge in [0.15, 0.2) is 0 Å². The lowest BCUT2D eigenvalue weighted by Crippen LogP contribution is -2.24. The molecule has 0 saturated heterocycles. The average Bonchev–Trinajstić information content (AvgIpc) is 2.85. The summed E-state index contributed by atoms with van der Waals surface area (Å²) in [5.41, 5.74) is 6.08. The molecule has 0 aromatic heterocycles. The SMILES string of the molecule is COc1ccc(C(=O)O)c(NC(=O)C2CCC(N)C2)c1. The van der Waals surface area contributed by atoms with Gasteiger partial charge in [-0.15, -0.1) is 0 Å². The number of carboxylic acid groups (broad SMARTS) is 1. The number of hydrogen-bond donors (Lipinski definition) is 3. The second kappa shape index (κ2) is 5.92. The number of carboxylic acids is 1. The topological polar surface area (TPSA) is 102 Å². The monoisotopic (exact) mass is 278 g/mol. The first-order valence-corrected chi connectivity index (χ1v) is 6.49. The molecule has 6 nitrogen and oxygen atoms in total. The van der Waals surface area contributed by atoms with Gasteiger partial charge >= 0.3 is 5.97 Å². The van der Waals surface area contributed by atoms with Gasteiger partial charge in [0.2, 0.25) is 5.91 Å². The normalized spacial score (nSPS) is 21.5. The van der Waals surface area contributed by atoms with Crippen molar-refractivity contribution in [3.05, 3.63) is 23.8 Å². The van der Waals surface area contributed by atoms with E-state index in [0.29, 0.717) is 12.2 Å². The summed E-state index contributed by atoms with van der Waals surface area (Å²) in [4.78, 5) is 23.3. The predicted molar refractivity (Wildman–Crippen MR) is 73.9 cm³/mol. The molecule has 20 heavy (non-hydrogen) atoms. The summed E-state index contributed by atoms with van der Waals surface area (Å²) in [6.45, 7) is 0. The van der Waals surface area contributed by atoms with E-state index < -0.39 is 5.97 Å². The van der Waals surface area contributed by atoms with Crippen LogP contribution in [0.2, 0.25) is 0 Å². The van der Waals surface area contributed by atoms with Crippen molar-refractivity contribution in [3.63, 3.8) is 0 Å². The zero-order chi connectivity index (χ0) is 14.7. The number of nitrogens with one attached hydrogen (secondary N) is 1. The fraction of sp³-hybridized carbons (Fsp3) is 0.429. The predicted octanol–water partition coefficient (Wildman–Crippen LogP) is 1.46. The highest BCUT2D eigenvalue weighted by atomic mass is 16.5. The average molecular weight is 278 g/mol. The van der Waals surface area contributed by atoms with E-state index in [4.69, 9.17) is 15.6 Å². The van der Waals surface area contributed by atoms with Crippen LogP contribution in [-0.2, 0) is 4.79 Å². The number of aromatic carboxylic acids is 1. The minimum Gasteiger partial charge on any atom is -0.497 e. The van der Waals surface area contributed by atoms with Crippen molar-refractivity contribution < 1.29 is 19.4 Å². The van der Waals surface area contributed by atoms with E-state index in [0.717, 1.165) is 12.8 Å². The van der Waals surface area contributed by atoms with Crippen LogP contribution in [0, 0.1) is 5.92 Å². The smallest absolute Gasteiger partial charge is 0.337 e. The Morgan fingerprint density at radius 3 is 2.70 bits per heavy atom. The van der Waals surface area contributed by atoms with Crippen LogP contribution < -0.4 is 15.8 Å². The van der Waals surface area contributed by atoms with Gasteiger partial charge in [0.1, 0.15) is 5.75 Å². The van der Waals surface area contributed by atoms with Crippen molar-refractivity contribution >= 4 is 17.6 Å². The van der Waals surface area contributed by atoms with Gasteiger partial charge in [-0.2, -0.15) is 0 Å². The van der Waals surface area contributed by atoms with E-state index in [2.05, 4.69) is 5.32 Å². The van der Waals surface area contributed by atoms with Crippen LogP contribution >= 0.6 is 0 Å². The summed E-state index contributed by atoms with van der Waals surface area (Å²) in [5.74, 6) is -0.939. The summed E-state index contributed by atoms with van der Waals surface area (Å²) in [6.07, 6.45) is 2.19. The number of carbonyl (C=O) groups is 2. The summed E-state index contributed by atoms with van der Waals surface area (Å²) >= 11 is 0.